The summed E-state index contributed by atoms with van der Waals surface area (Å²) in [5, 5.41) is 0. The van der Waals surface area contributed by atoms with Crippen molar-refractivity contribution in [3.63, 3.8) is 0 Å². The molecule has 0 aliphatic heterocycles. The number of fused-ring (bicyclic) bond motifs is 1. The predicted octanol–water partition coefficient (Wildman–Crippen LogP) is 4.18. The first-order valence-corrected chi connectivity index (χ1v) is 8.62. The first kappa shape index (κ1) is 16.7. The number of hydrogen-bond donors (Lipinski definition) is 0. The number of unbranched alkanes of at least 4 members (excludes halogenated alkanes) is 1. The number of halogens is 2. The summed E-state index contributed by atoms with van der Waals surface area (Å²) < 4.78 is 8.70. The summed E-state index contributed by atoms with van der Waals surface area (Å²) in [6.07, 6.45) is 4.95. The Labute approximate surface area is 139 Å². The molecule has 4 nitrogen and oxygen atoms in total. The minimum Gasteiger partial charge on any atom is -0.379 e. The molecule has 0 atom stereocenters. The number of aromatic nitrogens is 3. The summed E-state index contributed by atoms with van der Waals surface area (Å²) in [5.41, 5.74) is 1.85. The van der Waals surface area contributed by atoms with Gasteiger partial charge in [0.1, 0.15) is 11.3 Å². The second-order valence-corrected chi connectivity index (χ2v) is 6.54. The molecule has 0 aliphatic rings. The van der Waals surface area contributed by atoms with Gasteiger partial charge >= 0.3 is 0 Å². The molecule has 2 aromatic heterocycles. The van der Waals surface area contributed by atoms with Crippen molar-refractivity contribution in [3.8, 4) is 0 Å². The van der Waals surface area contributed by atoms with Gasteiger partial charge in [0.2, 0.25) is 0 Å². The number of imidazole rings is 1. The van der Waals surface area contributed by atoms with E-state index in [-0.39, 0.29) is 0 Å². The van der Waals surface area contributed by atoms with E-state index >= 15 is 0 Å². The highest BCUT2D eigenvalue weighted by Gasteiger charge is 2.11. The van der Waals surface area contributed by atoms with Gasteiger partial charge in [0.25, 0.3) is 0 Å². The minimum absolute atomic E-state index is 0.296. The Bertz CT molecular complexity index is 586. The Morgan fingerprint density at radius 3 is 2.90 bits per heavy atom. The monoisotopic (exact) mass is 373 g/mol. The van der Waals surface area contributed by atoms with Gasteiger partial charge in [-0.25, -0.2) is 9.97 Å². The van der Waals surface area contributed by atoms with Crippen molar-refractivity contribution in [3.05, 3.63) is 22.6 Å². The largest absolute Gasteiger partial charge is 0.379 e. The highest BCUT2D eigenvalue weighted by Crippen LogP contribution is 2.19. The second kappa shape index (κ2) is 8.11. The molecule has 0 amide bonds. The maximum Gasteiger partial charge on any atom is 0.160 e. The van der Waals surface area contributed by atoms with Crippen LogP contribution in [-0.2, 0) is 17.7 Å². The summed E-state index contributed by atoms with van der Waals surface area (Å²) in [7, 11) is 0. The van der Waals surface area contributed by atoms with Crippen LogP contribution in [0.1, 0.15) is 32.5 Å². The van der Waals surface area contributed by atoms with E-state index in [1.54, 1.807) is 0 Å². The topological polar surface area (TPSA) is 39.9 Å². The lowest BCUT2D eigenvalue weighted by Gasteiger charge is -2.09. The first-order chi connectivity index (χ1) is 10.1. The first-order valence-electron chi connectivity index (χ1n) is 7.30. The van der Waals surface area contributed by atoms with Gasteiger partial charge in [-0.05, 0) is 48.7 Å². The molecule has 0 radical (unpaired) electrons. The molecular formula is C15H21BrClN3O. The Kier molecular flexibility index (Phi) is 6.45. The predicted molar refractivity (Wildman–Crippen MR) is 90.0 cm³/mol. The molecule has 0 aliphatic carbocycles. The maximum absolute atomic E-state index is 5.88. The highest BCUT2D eigenvalue weighted by molar-refractivity contribution is 9.10. The quantitative estimate of drug-likeness (QED) is 0.514. The molecule has 21 heavy (non-hydrogen) atoms. The molecule has 0 bridgehead atoms. The average Bonchev–Trinajstić information content (AvgIpc) is 2.75. The van der Waals surface area contributed by atoms with Gasteiger partial charge in [0, 0.05) is 36.1 Å². The molecule has 6 heteroatoms. The van der Waals surface area contributed by atoms with Crippen LogP contribution in [0.15, 0.2) is 16.7 Å². The third-order valence-electron chi connectivity index (χ3n) is 3.18. The van der Waals surface area contributed by atoms with Crippen LogP contribution in [0.25, 0.3) is 11.2 Å². The molecule has 116 valence electrons. The van der Waals surface area contributed by atoms with Crippen molar-refractivity contribution in [2.75, 3.05) is 12.5 Å². The molecule has 0 aromatic carbocycles. The fourth-order valence-electron chi connectivity index (χ4n) is 2.23. The van der Waals surface area contributed by atoms with Crippen LogP contribution >= 0.6 is 27.5 Å². The van der Waals surface area contributed by atoms with E-state index in [0.717, 1.165) is 53.9 Å². The van der Waals surface area contributed by atoms with E-state index in [0.29, 0.717) is 12.0 Å². The molecule has 2 rings (SSSR count). The van der Waals surface area contributed by atoms with Gasteiger partial charge in [0.15, 0.2) is 5.65 Å². The molecule has 0 spiro atoms. The Morgan fingerprint density at radius 1 is 1.38 bits per heavy atom. The van der Waals surface area contributed by atoms with Crippen molar-refractivity contribution in [1.82, 2.24) is 14.5 Å². The van der Waals surface area contributed by atoms with Crippen LogP contribution in [0.5, 0.6) is 0 Å². The van der Waals surface area contributed by atoms with Gasteiger partial charge in [0.05, 0.1) is 6.10 Å². The van der Waals surface area contributed by atoms with Crippen LogP contribution in [0.4, 0.5) is 0 Å². The highest BCUT2D eigenvalue weighted by atomic mass is 79.9. The summed E-state index contributed by atoms with van der Waals surface area (Å²) in [5.74, 6) is 1.58. The standard InChI is InChI=1S/C15H21BrClN3O/c1-11(2)21-8-4-3-7-20-14(5-6-17)19-13-9-12(16)10-18-15(13)20/h9-11H,3-8H2,1-2H3. The van der Waals surface area contributed by atoms with E-state index < -0.39 is 0 Å². The van der Waals surface area contributed by atoms with Crippen LogP contribution in [0.2, 0.25) is 0 Å². The number of alkyl halides is 1. The lowest BCUT2D eigenvalue weighted by Crippen LogP contribution is -2.08. The number of aryl methyl sites for hydroxylation is 2. The molecule has 0 unspecified atom stereocenters. The van der Waals surface area contributed by atoms with Crippen molar-refractivity contribution < 1.29 is 4.74 Å². The summed E-state index contributed by atoms with van der Waals surface area (Å²) in [6.45, 7) is 5.82. The number of pyridine rings is 1. The Morgan fingerprint density at radius 2 is 2.19 bits per heavy atom. The van der Waals surface area contributed by atoms with Gasteiger partial charge in [-0.2, -0.15) is 0 Å². The van der Waals surface area contributed by atoms with Crippen molar-refractivity contribution >= 4 is 38.7 Å². The fourth-order valence-corrected chi connectivity index (χ4v) is 2.72. The Hall–Kier alpha value is -0.650. The van der Waals surface area contributed by atoms with Crippen molar-refractivity contribution in [2.45, 2.75) is 45.8 Å². The molecule has 0 saturated heterocycles. The van der Waals surface area contributed by atoms with Crippen LogP contribution in [-0.4, -0.2) is 33.1 Å². The molecule has 0 N–H and O–H groups in total. The van der Waals surface area contributed by atoms with E-state index in [9.17, 15) is 0 Å². The molecule has 2 heterocycles. The molecule has 0 saturated carbocycles. The summed E-state index contributed by atoms with van der Waals surface area (Å²) >= 11 is 9.32. The average molecular weight is 375 g/mol. The van der Waals surface area contributed by atoms with Gasteiger partial charge in [-0.3, -0.25) is 0 Å². The zero-order valence-corrected chi connectivity index (χ0v) is 14.8. The van der Waals surface area contributed by atoms with E-state index in [1.807, 2.05) is 12.3 Å². The summed E-state index contributed by atoms with van der Waals surface area (Å²) in [4.78, 5) is 9.14. The molecule has 0 fully saturated rings. The fraction of sp³-hybridized carbons (Fsp3) is 0.600. The number of rotatable bonds is 8. The van der Waals surface area contributed by atoms with Crippen molar-refractivity contribution in [2.24, 2.45) is 0 Å². The van der Waals surface area contributed by atoms with E-state index in [4.69, 9.17) is 16.3 Å². The van der Waals surface area contributed by atoms with Crippen molar-refractivity contribution in [1.29, 1.82) is 0 Å². The van der Waals surface area contributed by atoms with Gasteiger partial charge in [-0.1, -0.05) is 0 Å². The third kappa shape index (κ3) is 4.66. The molecule has 2 aromatic rings. The zero-order valence-electron chi connectivity index (χ0n) is 12.5. The number of hydrogen-bond acceptors (Lipinski definition) is 3. The van der Waals surface area contributed by atoms with Crippen LogP contribution < -0.4 is 0 Å². The second-order valence-electron chi connectivity index (χ2n) is 5.24. The minimum atomic E-state index is 0.296. The number of nitrogens with zero attached hydrogens (tertiary/aromatic N) is 3. The normalized spacial score (nSPS) is 11.7. The van der Waals surface area contributed by atoms with Crippen LogP contribution in [0.3, 0.4) is 0 Å². The van der Waals surface area contributed by atoms with E-state index in [2.05, 4.69) is 44.3 Å². The SMILES string of the molecule is CC(C)OCCCCn1c(CCCl)nc2cc(Br)cnc21. The lowest BCUT2D eigenvalue weighted by atomic mass is 10.3. The maximum atomic E-state index is 5.88. The Balaban J connectivity index is 2.07. The summed E-state index contributed by atoms with van der Waals surface area (Å²) in [6, 6.07) is 2.00. The zero-order chi connectivity index (χ0) is 15.2. The number of ether oxygens (including phenoxy) is 1. The molecular weight excluding hydrogens is 354 g/mol. The smallest absolute Gasteiger partial charge is 0.160 e. The lowest BCUT2D eigenvalue weighted by molar-refractivity contribution is 0.0754. The van der Waals surface area contributed by atoms with Gasteiger partial charge in [-0.15, -0.1) is 11.6 Å². The van der Waals surface area contributed by atoms with Gasteiger partial charge < -0.3 is 9.30 Å². The van der Waals surface area contributed by atoms with E-state index in [1.165, 1.54) is 0 Å². The third-order valence-corrected chi connectivity index (χ3v) is 3.80. The van der Waals surface area contributed by atoms with Crippen LogP contribution in [0, 0.1) is 0 Å².